The third-order valence-corrected chi connectivity index (χ3v) is 4.62. The van der Waals surface area contributed by atoms with E-state index in [1.165, 1.54) is 22.7 Å². The quantitative estimate of drug-likeness (QED) is 0.364. The van der Waals surface area contributed by atoms with Gasteiger partial charge in [0, 0.05) is 10.8 Å². The molecule has 0 bridgehead atoms. The summed E-state index contributed by atoms with van der Waals surface area (Å²) in [6.07, 6.45) is 0. The van der Waals surface area contributed by atoms with E-state index in [1.54, 1.807) is 17.7 Å². The molecule has 0 aliphatic carbocycles. The van der Waals surface area contributed by atoms with Gasteiger partial charge in [0.2, 0.25) is 0 Å². The second-order valence-corrected chi connectivity index (χ2v) is 6.98. The Morgan fingerprint density at radius 2 is 2.28 bits per heavy atom. The van der Waals surface area contributed by atoms with Gasteiger partial charge in [-0.05, 0) is 35.6 Å². The van der Waals surface area contributed by atoms with Crippen LogP contribution in [0.2, 0.25) is 0 Å². The van der Waals surface area contributed by atoms with Gasteiger partial charge in [0.25, 0.3) is 5.91 Å². The molecule has 0 aliphatic rings. The number of amides is 1. The van der Waals surface area contributed by atoms with E-state index in [0.29, 0.717) is 22.1 Å². The number of nitrogens with one attached hydrogen (secondary N) is 1. The van der Waals surface area contributed by atoms with Crippen molar-refractivity contribution in [3.63, 3.8) is 0 Å². The Bertz CT molecular complexity index is 606. The van der Waals surface area contributed by atoms with Crippen molar-refractivity contribution in [2.24, 2.45) is 5.16 Å². The molecule has 0 fully saturated rings. The average Bonchev–Trinajstić information content (AvgIpc) is 2.97. The van der Waals surface area contributed by atoms with E-state index in [2.05, 4.69) is 38.0 Å². The molecule has 0 unspecified atom stereocenters. The molecule has 2 N–H and O–H groups in total. The van der Waals surface area contributed by atoms with Crippen LogP contribution in [0.4, 0.5) is 5.13 Å². The van der Waals surface area contributed by atoms with E-state index >= 15 is 0 Å². The Hall–Kier alpha value is -1.00. The standard InChI is InChI=1S/C10H8IN3O2S2/c1-5(14-16)7-4-18-10(12-7)13-9(15)6-2-8(11)17-3-6/h2-4,16H,1H3,(H,12,13,15)/b14-5+. The highest BCUT2D eigenvalue weighted by atomic mass is 127. The average molecular weight is 393 g/mol. The smallest absolute Gasteiger partial charge is 0.258 e. The van der Waals surface area contributed by atoms with Crippen LogP contribution >= 0.6 is 45.3 Å². The lowest BCUT2D eigenvalue weighted by Gasteiger charge is -1.97. The molecule has 0 aromatic carbocycles. The molecule has 94 valence electrons. The van der Waals surface area contributed by atoms with Gasteiger partial charge in [-0.25, -0.2) is 4.98 Å². The lowest BCUT2D eigenvalue weighted by atomic mass is 10.3. The molecule has 8 heteroatoms. The van der Waals surface area contributed by atoms with Gasteiger partial charge < -0.3 is 5.21 Å². The van der Waals surface area contributed by atoms with Crippen molar-refractivity contribution < 1.29 is 10.0 Å². The maximum Gasteiger partial charge on any atom is 0.258 e. The molecular weight excluding hydrogens is 385 g/mol. The lowest BCUT2D eigenvalue weighted by Crippen LogP contribution is -2.10. The molecule has 0 spiro atoms. The Morgan fingerprint density at radius 3 is 2.89 bits per heavy atom. The third-order valence-electron chi connectivity index (χ3n) is 2.07. The zero-order valence-electron chi connectivity index (χ0n) is 9.18. The van der Waals surface area contributed by atoms with Crippen LogP contribution in [0.15, 0.2) is 22.0 Å². The maximum absolute atomic E-state index is 11.9. The number of thiophene rings is 1. The predicted octanol–water partition coefficient (Wildman–Crippen LogP) is 3.26. The molecule has 2 aromatic rings. The number of oxime groups is 1. The number of aromatic nitrogens is 1. The highest BCUT2D eigenvalue weighted by Gasteiger charge is 2.11. The van der Waals surface area contributed by atoms with E-state index in [1.807, 2.05) is 6.07 Å². The molecule has 0 aliphatic heterocycles. The van der Waals surface area contributed by atoms with E-state index in [9.17, 15) is 4.79 Å². The number of anilines is 1. The molecular formula is C10H8IN3O2S2. The van der Waals surface area contributed by atoms with Crippen molar-refractivity contribution in [1.29, 1.82) is 0 Å². The summed E-state index contributed by atoms with van der Waals surface area (Å²) in [7, 11) is 0. The van der Waals surface area contributed by atoms with Crippen LogP contribution in [0.1, 0.15) is 23.0 Å². The molecule has 0 saturated carbocycles. The monoisotopic (exact) mass is 393 g/mol. The fourth-order valence-electron chi connectivity index (χ4n) is 1.15. The van der Waals surface area contributed by atoms with Crippen LogP contribution in [0.3, 0.4) is 0 Å². The molecule has 2 aromatic heterocycles. The summed E-state index contributed by atoms with van der Waals surface area (Å²) < 4.78 is 1.06. The Balaban J connectivity index is 2.10. The predicted molar refractivity (Wildman–Crippen MR) is 81.1 cm³/mol. The summed E-state index contributed by atoms with van der Waals surface area (Å²) in [4.78, 5) is 16.0. The van der Waals surface area contributed by atoms with Crippen LogP contribution in [0.5, 0.6) is 0 Å². The summed E-state index contributed by atoms with van der Waals surface area (Å²) in [6, 6.07) is 1.81. The lowest BCUT2D eigenvalue weighted by molar-refractivity contribution is 0.102. The second kappa shape index (κ2) is 5.76. The number of hydrogen-bond acceptors (Lipinski definition) is 6. The van der Waals surface area contributed by atoms with Gasteiger partial charge in [0.15, 0.2) is 5.13 Å². The van der Waals surface area contributed by atoms with Gasteiger partial charge in [0.05, 0.1) is 8.45 Å². The van der Waals surface area contributed by atoms with Gasteiger partial charge in [-0.2, -0.15) is 0 Å². The van der Waals surface area contributed by atoms with E-state index < -0.39 is 0 Å². The number of nitrogens with zero attached hydrogens (tertiary/aromatic N) is 2. The minimum Gasteiger partial charge on any atom is -0.411 e. The normalized spacial score (nSPS) is 11.6. The van der Waals surface area contributed by atoms with Crippen LogP contribution in [-0.4, -0.2) is 21.8 Å². The van der Waals surface area contributed by atoms with Gasteiger partial charge in [-0.1, -0.05) is 5.16 Å². The SMILES string of the molecule is C/C(=N\O)c1csc(NC(=O)c2csc(I)c2)n1. The topological polar surface area (TPSA) is 74.6 Å². The van der Waals surface area contributed by atoms with Crippen molar-refractivity contribution in [3.05, 3.63) is 31.0 Å². The minimum absolute atomic E-state index is 0.186. The molecule has 2 heterocycles. The summed E-state index contributed by atoms with van der Waals surface area (Å²) in [5.41, 5.74) is 1.59. The first-order valence-corrected chi connectivity index (χ1v) is 7.64. The van der Waals surface area contributed by atoms with Crippen molar-refractivity contribution in [3.8, 4) is 0 Å². The fourth-order valence-corrected chi connectivity index (χ4v) is 3.22. The van der Waals surface area contributed by atoms with E-state index in [4.69, 9.17) is 5.21 Å². The largest absolute Gasteiger partial charge is 0.411 e. The minimum atomic E-state index is -0.186. The van der Waals surface area contributed by atoms with E-state index in [-0.39, 0.29) is 5.91 Å². The zero-order chi connectivity index (χ0) is 13.1. The number of halogens is 1. The van der Waals surface area contributed by atoms with Gasteiger partial charge >= 0.3 is 0 Å². The first-order valence-electron chi connectivity index (χ1n) is 4.80. The van der Waals surface area contributed by atoms with Crippen LogP contribution in [0, 0.1) is 2.88 Å². The highest BCUT2D eigenvalue weighted by Crippen LogP contribution is 2.20. The van der Waals surface area contributed by atoms with Crippen molar-refractivity contribution in [2.75, 3.05) is 5.32 Å². The molecule has 0 saturated heterocycles. The molecule has 2 rings (SSSR count). The van der Waals surface area contributed by atoms with Crippen molar-refractivity contribution in [2.45, 2.75) is 6.92 Å². The number of hydrogen-bond donors (Lipinski definition) is 2. The maximum atomic E-state index is 11.9. The van der Waals surface area contributed by atoms with Crippen LogP contribution in [-0.2, 0) is 0 Å². The Labute approximate surface area is 125 Å². The number of carbonyl (C=O) groups excluding carboxylic acids is 1. The molecule has 18 heavy (non-hydrogen) atoms. The van der Waals surface area contributed by atoms with Crippen molar-refractivity contribution >= 4 is 62.0 Å². The Morgan fingerprint density at radius 1 is 1.50 bits per heavy atom. The number of rotatable bonds is 3. The summed E-state index contributed by atoms with van der Waals surface area (Å²) in [5.74, 6) is -0.186. The number of thiazole rings is 1. The first kappa shape index (κ1) is 13.4. The molecule has 0 atom stereocenters. The van der Waals surface area contributed by atoms with Crippen LogP contribution in [0.25, 0.3) is 0 Å². The Kier molecular flexibility index (Phi) is 4.30. The zero-order valence-corrected chi connectivity index (χ0v) is 13.0. The van der Waals surface area contributed by atoms with Gasteiger partial charge in [-0.3, -0.25) is 10.1 Å². The number of carbonyl (C=O) groups is 1. The summed E-state index contributed by atoms with van der Waals surface area (Å²) in [5, 5.41) is 18.4. The van der Waals surface area contributed by atoms with Gasteiger partial charge in [0.1, 0.15) is 11.4 Å². The molecule has 0 radical (unpaired) electrons. The molecule has 1 amide bonds. The highest BCUT2D eigenvalue weighted by molar-refractivity contribution is 14.1. The first-order chi connectivity index (χ1) is 8.60. The van der Waals surface area contributed by atoms with Crippen molar-refractivity contribution in [1.82, 2.24) is 4.98 Å². The summed E-state index contributed by atoms with van der Waals surface area (Å²) >= 11 is 4.97. The molecule has 5 nitrogen and oxygen atoms in total. The van der Waals surface area contributed by atoms with Gasteiger partial charge in [-0.15, -0.1) is 22.7 Å². The third kappa shape index (κ3) is 3.06. The second-order valence-electron chi connectivity index (χ2n) is 3.32. The summed E-state index contributed by atoms with van der Waals surface area (Å²) in [6.45, 7) is 1.64. The fraction of sp³-hybridized carbons (Fsp3) is 0.100. The van der Waals surface area contributed by atoms with E-state index in [0.717, 1.165) is 2.88 Å². The van der Waals surface area contributed by atoms with Crippen LogP contribution < -0.4 is 5.32 Å².